The highest BCUT2D eigenvalue weighted by Crippen LogP contribution is 2.13. The number of benzene rings is 1. The van der Waals surface area contributed by atoms with Crippen molar-refractivity contribution in [1.29, 1.82) is 0 Å². The topological polar surface area (TPSA) is 66.2 Å². The van der Waals surface area contributed by atoms with Crippen LogP contribution >= 0.6 is 0 Å². The van der Waals surface area contributed by atoms with Crippen molar-refractivity contribution in [2.45, 2.75) is 13.2 Å². The number of ether oxygens (including phenoxy) is 2. The summed E-state index contributed by atoms with van der Waals surface area (Å²) in [4.78, 5) is 11.6. The molecule has 6 nitrogen and oxygen atoms in total. The van der Waals surface area contributed by atoms with Crippen LogP contribution in [0.15, 0.2) is 18.2 Å². The molecule has 0 N–H and O–H groups in total. The van der Waals surface area contributed by atoms with Gasteiger partial charge in [-0.3, -0.25) is 0 Å². The lowest BCUT2D eigenvalue weighted by Crippen LogP contribution is -2.11. The second kappa shape index (κ2) is 6.40. The maximum Gasteiger partial charge on any atom is 0.360 e. The molecule has 2 rings (SSSR count). The minimum atomic E-state index is -0.950. The van der Waals surface area contributed by atoms with Gasteiger partial charge in [0.1, 0.15) is 0 Å². The number of esters is 1. The lowest BCUT2D eigenvalue weighted by molar-refractivity contribution is 0.0588. The average Bonchev–Trinajstić information content (AvgIpc) is 2.85. The zero-order chi connectivity index (χ0) is 15.4. The molecule has 112 valence electrons. The second-order valence-corrected chi connectivity index (χ2v) is 4.22. The number of carbonyl (C=O) groups excluding carboxylic acids is 1. The van der Waals surface area contributed by atoms with Crippen LogP contribution in [-0.2, 0) is 22.6 Å². The van der Waals surface area contributed by atoms with Gasteiger partial charge in [0.2, 0.25) is 0 Å². The Morgan fingerprint density at radius 1 is 1.29 bits per heavy atom. The summed E-state index contributed by atoms with van der Waals surface area (Å²) >= 11 is 0. The number of aromatic nitrogens is 3. The molecular formula is C13H13F2N3O3. The standard InChI is InChI=1S/C13H13F2N3O3/c1-20-7-11-12(13(19)21-2)16-17-18(11)6-8-3-4-9(14)10(15)5-8/h3-5H,6-7H2,1-2H3. The highest BCUT2D eigenvalue weighted by atomic mass is 19.2. The van der Waals surface area contributed by atoms with Crippen LogP contribution in [0.25, 0.3) is 0 Å². The van der Waals surface area contributed by atoms with Gasteiger partial charge in [-0.2, -0.15) is 0 Å². The van der Waals surface area contributed by atoms with Gasteiger partial charge in [0.05, 0.1) is 26.0 Å². The molecule has 0 amide bonds. The van der Waals surface area contributed by atoms with Gasteiger partial charge in [-0.1, -0.05) is 11.3 Å². The van der Waals surface area contributed by atoms with Gasteiger partial charge in [0.15, 0.2) is 17.3 Å². The van der Waals surface area contributed by atoms with E-state index in [1.54, 1.807) is 0 Å². The Morgan fingerprint density at radius 2 is 2.05 bits per heavy atom. The minimum absolute atomic E-state index is 0.0296. The van der Waals surface area contributed by atoms with Crippen LogP contribution in [0.3, 0.4) is 0 Å². The van der Waals surface area contributed by atoms with Crippen molar-refractivity contribution in [1.82, 2.24) is 15.0 Å². The largest absolute Gasteiger partial charge is 0.464 e. The molecule has 1 aromatic heterocycles. The molecule has 1 heterocycles. The maximum atomic E-state index is 13.2. The molecule has 8 heteroatoms. The fourth-order valence-electron chi connectivity index (χ4n) is 1.81. The van der Waals surface area contributed by atoms with Crippen LogP contribution in [-0.4, -0.2) is 35.2 Å². The Labute approximate surface area is 119 Å². The number of nitrogens with zero attached hydrogens (tertiary/aromatic N) is 3. The summed E-state index contributed by atoms with van der Waals surface area (Å²) < 4.78 is 37.1. The molecule has 0 aliphatic carbocycles. The van der Waals surface area contributed by atoms with E-state index in [1.807, 2.05) is 0 Å². The third-order valence-electron chi connectivity index (χ3n) is 2.81. The maximum absolute atomic E-state index is 13.2. The Balaban J connectivity index is 2.32. The summed E-state index contributed by atoms with van der Waals surface area (Å²) in [6, 6.07) is 3.51. The first-order valence-corrected chi connectivity index (χ1v) is 6.00. The summed E-state index contributed by atoms with van der Waals surface area (Å²) in [5.74, 6) is -2.52. The SMILES string of the molecule is COCc1c(C(=O)OC)nnn1Cc1ccc(F)c(F)c1. The van der Waals surface area contributed by atoms with Crippen molar-refractivity contribution in [3.05, 3.63) is 46.8 Å². The van der Waals surface area contributed by atoms with Gasteiger partial charge in [0, 0.05) is 7.11 Å². The van der Waals surface area contributed by atoms with E-state index in [2.05, 4.69) is 15.0 Å². The normalized spacial score (nSPS) is 10.7. The number of halogens is 2. The number of hydrogen-bond acceptors (Lipinski definition) is 5. The first-order valence-electron chi connectivity index (χ1n) is 6.00. The molecule has 0 radical (unpaired) electrons. The smallest absolute Gasteiger partial charge is 0.360 e. The van der Waals surface area contributed by atoms with Gasteiger partial charge in [-0.25, -0.2) is 18.3 Å². The minimum Gasteiger partial charge on any atom is -0.464 e. The molecule has 0 saturated carbocycles. The second-order valence-electron chi connectivity index (χ2n) is 4.22. The number of rotatable bonds is 5. The number of methoxy groups -OCH3 is 2. The molecule has 0 aliphatic rings. The Kier molecular flexibility index (Phi) is 4.59. The van der Waals surface area contributed by atoms with Crippen LogP contribution < -0.4 is 0 Å². The molecule has 21 heavy (non-hydrogen) atoms. The molecule has 0 spiro atoms. The molecular weight excluding hydrogens is 284 g/mol. The van der Waals surface area contributed by atoms with E-state index in [0.29, 0.717) is 11.3 Å². The van der Waals surface area contributed by atoms with Crippen molar-refractivity contribution in [3.8, 4) is 0 Å². The predicted molar refractivity (Wildman–Crippen MR) is 67.5 cm³/mol. The van der Waals surface area contributed by atoms with E-state index in [0.717, 1.165) is 12.1 Å². The summed E-state index contributed by atoms with van der Waals surface area (Å²) in [5, 5.41) is 7.55. The first-order chi connectivity index (χ1) is 10.1. The van der Waals surface area contributed by atoms with E-state index < -0.39 is 17.6 Å². The highest BCUT2D eigenvalue weighted by Gasteiger charge is 2.20. The lowest BCUT2D eigenvalue weighted by atomic mass is 10.2. The van der Waals surface area contributed by atoms with E-state index in [9.17, 15) is 13.6 Å². The van der Waals surface area contributed by atoms with Crippen LogP contribution in [0.1, 0.15) is 21.7 Å². The fraction of sp³-hybridized carbons (Fsp3) is 0.308. The van der Waals surface area contributed by atoms with Gasteiger partial charge in [0.25, 0.3) is 0 Å². The van der Waals surface area contributed by atoms with Crippen molar-refractivity contribution < 1.29 is 23.0 Å². The van der Waals surface area contributed by atoms with Crippen LogP contribution in [0.2, 0.25) is 0 Å². The zero-order valence-electron chi connectivity index (χ0n) is 11.5. The van der Waals surface area contributed by atoms with Crippen LogP contribution in [0.4, 0.5) is 8.78 Å². The summed E-state index contributed by atoms with van der Waals surface area (Å²) in [7, 11) is 2.68. The molecule has 0 unspecified atom stereocenters. The van der Waals surface area contributed by atoms with Crippen molar-refractivity contribution in [3.63, 3.8) is 0 Å². The zero-order valence-corrected chi connectivity index (χ0v) is 11.5. The molecule has 0 saturated heterocycles. The van der Waals surface area contributed by atoms with E-state index >= 15 is 0 Å². The molecule has 0 atom stereocenters. The lowest BCUT2D eigenvalue weighted by Gasteiger charge is -2.07. The van der Waals surface area contributed by atoms with Crippen molar-refractivity contribution in [2.75, 3.05) is 14.2 Å². The molecule has 0 bridgehead atoms. The highest BCUT2D eigenvalue weighted by molar-refractivity contribution is 5.88. The van der Waals surface area contributed by atoms with Crippen molar-refractivity contribution in [2.24, 2.45) is 0 Å². The Hall–Kier alpha value is -2.35. The van der Waals surface area contributed by atoms with E-state index in [-0.39, 0.29) is 18.8 Å². The monoisotopic (exact) mass is 297 g/mol. The van der Waals surface area contributed by atoms with Crippen molar-refractivity contribution >= 4 is 5.97 Å². The molecule has 0 aliphatic heterocycles. The summed E-state index contributed by atoms with van der Waals surface area (Å²) in [6.45, 7) is 0.209. The van der Waals surface area contributed by atoms with Gasteiger partial charge < -0.3 is 9.47 Å². The van der Waals surface area contributed by atoms with Gasteiger partial charge >= 0.3 is 5.97 Å². The Morgan fingerprint density at radius 3 is 2.67 bits per heavy atom. The summed E-state index contributed by atoms with van der Waals surface area (Å²) in [6.07, 6.45) is 0. The molecule has 1 aromatic carbocycles. The summed E-state index contributed by atoms with van der Waals surface area (Å²) in [5.41, 5.74) is 0.906. The number of carbonyl (C=O) groups is 1. The van der Waals surface area contributed by atoms with Gasteiger partial charge in [-0.15, -0.1) is 5.10 Å². The van der Waals surface area contributed by atoms with Gasteiger partial charge in [-0.05, 0) is 17.7 Å². The molecule has 2 aromatic rings. The quantitative estimate of drug-likeness (QED) is 0.783. The fourth-order valence-corrected chi connectivity index (χ4v) is 1.81. The number of hydrogen-bond donors (Lipinski definition) is 0. The Bertz CT molecular complexity index is 658. The van der Waals surface area contributed by atoms with E-state index in [4.69, 9.17) is 4.74 Å². The third-order valence-corrected chi connectivity index (χ3v) is 2.81. The molecule has 0 fully saturated rings. The predicted octanol–water partition coefficient (Wildman–Crippen LogP) is 1.54. The third kappa shape index (κ3) is 3.22. The van der Waals surface area contributed by atoms with Crippen LogP contribution in [0.5, 0.6) is 0 Å². The first kappa shape index (κ1) is 15.0. The van der Waals surface area contributed by atoms with Crippen LogP contribution in [0, 0.1) is 11.6 Å². The average molecular weight is 297 g/mol. The van der Waals surface area contributed by atoms with E-state index in [1.165, 1.54) is 25.0 Å².